The van der Waals surface area contributed by atoms with Gasteiger partial charge in [-0.25, -0.2) is 4.39 Å². The minimum atomic E-state index is -0.137. The fourth-order valence-corrected chi connectivity index (χ4v) is 2.60. The zero-order valence-electron chi connectivity index (χ0n) is 10.0. The summed E-state index contributed by atoms with van der Waals surface area (Å²) in [5, 5.41) is 7.41. The van der Waals surface area contributed by atoms with Crippen molar-refractivity contribution < 1.29 is 4.39 Å². The smallest absolute Gasteiger partial charge is 0.128 e. The van der Waals surface area contributed by atoms with Crippen LogP contribution in [-0.2, 0) is 0 Å². The van der Waals surface area contributed by atoms with Crippen LogP contribution in [0, 0.1) is 12.7 Å². The van der Waals surface area contributed by atoms with E-state index in [-0.39, 0.29) is 11.9 Å². The summed E-state index contributed by atoms with van der Waals surface area (Å²) in [6.45, 7) is 4.75. The Labute approximate surface area is 105 Å². The van der Waals surface area contributed by atoms with Crippen LogP contribution in [0.2, 0.25) is 0 Å². The highest BCUT2D eigenvalue weighted by Crippen LogP contribution is 2.26. The Morgan fingerprint density at radius 1 is 1.35 bits per heavy atom. The third-order valence-electron chi connectivity index (χ3n) is 2.75. The minimum absolute atomic E-state index is 0.0492. The number of nitrogens with one attached hydrogen (secondary N) is 1. The van der Waals surface area contributed by atoms with Gasteiger partial charge in [0.05, 0.1) is 6.04 Å². The zero-order valence-corrected chi connectivity index (χ0v) is 10.9. The summed E-state index contributed by atoms with van der Waals surface area (Å²) in [6.07, 6.45) is 0. The second-order valence-electron chi connectivity index (χ2n) is 4.07. The monoisotopic (exact) mass is 249 g/mol. The fraction of sp³-hybridized carbons (Fsp3) is 0.286. The van der Waals surface area contributed by atoms with Gasteiger partial charge in [0.2, 0.25) is 0 Å². The van der Waals surface area contributed by atoms with Crippen molar-refractivity contribution in [3.63, 3.8) is 0 Å². The Kier molecular flexibility index (Phi) is 3.92. The van der Waals surface area contributed by atoms with E-state index in [1.807, 2.05) is 37.4 Å². The Hall–Kier alpha value is -1.19. The van der Waals surface area contributed by atoms with E-state index in [0.717, 1.165) is 23.2 Å². The molecule has 1 aromatic carbocycles. The number of benzene rings is 1. The summed E-state index contributed by atoms with van der Waals surface area (Å²) in [4.78, 5) is 0. The maximum atomic E-state index is 14.0. The average molecular weight is 249 g/mol. The molecule has 2 aromatic rings. The maximum absolute atomic E-state index is 14.0. The average Bonchev–Trinajstić information content (AvgIpc) is 2.80. The molecule has 3 heteroatoms. The largest absolute Gasteiger partial charge is 0.306 e. The van der Waals surface area contributed by atoms with Gasteiger partial charge in [0.15, 0.2) is 0 Å². The molecule has 0 saturated carbocycles. The molecule has 0 aliphatic rings. The van der Waals surface area contributed by atoms with Gasteiger partial charge in [-0.05, 0) is 47.5 Å². The van der Waals surface area contributed by atoms with Gasteiger partial charge < -0.3 is 5.32 Å². The van der Waals surface area contributed by atoms with Crippen LogP contribution >= 0.6 is 11.3 Å². The molecule has 0 amide bonds. The number of aryl methyl sites for hydroxylation is 1. The first-order valence-electron chi connectivity index (χ1n) is 5.74. The number of thiophene rings is 1. The van der Waals surface area contributed by atoms with E-state index in [1.165, 1.54) is 0 Å². The summed E-state index contributed by atoms with van der Waals surface area (Å²) in [6, 6.07) is 7.40. The van der Waals surface area contributed by atoms with E-state index in [0.29, 0.717) is 0 Å². The molecule has 1 heterocycles. The lowest BCUT2D eigenvalue weighted by Gasteiger charge is -2.18. The van der Waals surface area contributed by atoms with Crippen LogP contribution in [0.25, 0.3) is 0 Å². The normalized spacial score (nSPS) is 12.6. The van der Waals surface area contributed by atoms with Crippen molar-refractivity contribution in [2.75, 3.05) is 6.54 Å². The fourth-order valence-electron chi connectivity index (χ4n) is 1.92. The van der Waals surface area contributed by atoms with Gasteiger partial charge >= 0.3 is 0 Å². The molecule has 0 aliphatic carbocycles. The lowest BCUT2D eigenvalue weighted by molar-refractivity contribution is 0.559. The summed E-state index contributed by atoms with van der Waals surface area (Å²) in [5.41, 5.74) is 2.79. The predicted octanol–water partition coefficient (Wildman–Crippen LogP) is 3.89. The van der Waals surface area contributed by atoms with Crippen molar-refractivity contribution >= 4 is 11.3 Å². The topological polar surface area (TPSA) is 12.0 Å². The van der Waals surface area contributed by atoms with Crippen molar-refractivity contribution in [2.45, 2.75) is 19.9 Å². The van der Waals surface area contributed by atoms with E-state index in [9.17, 15) is 4.39 Å². The summed E-state index contributed by atoms with van der Waals surface area (Å²) in [5.74, 6) is -0.137. The molecule has 1 N–H and O–H groups in total. The molecule has 1 unspecified atom stereocenters. The molecule has 1 aromatic heterocycles. The summed E-state index contributed by atoms with van der Waals surface area (Å²) < 4.78 is 14.0. The first kappa shape index (κ1) is 12.3. The number of halogens is 1. The van der Waals surface area contributed by atoms with Crippen molar-refractivity contribution in [1.82, 2.24) is 5.32 Å². The molecule has 90 valence electrons. The van der Waals surface area contributed by atoms with Gasteiger partial charge in [0.25, 0.3) is 0 Å². The highest BCUT2D eigenvalue weighted by atomic mass is 32.1. The van der Waals surface area contributed by atoms with Crippen LogP contribution in [0.4, 0.5) is 4.39 Å². The van der Waals surface area contributed by atoms with Gasteiger partial charge in [-0.1, -0.05) is 19.1 Å². The van der Waals surface area contributed by atoms with Crippen LogP contribution in [0.15, 0.2) is 35.0 Å². The van der Waals surface area contributed by atoms with Gasteiger partial charge in [0, 0.05) is 5.56 Å². The van der Waals surface area contributed by atoms with Crippen molar-refractivity contribution in [1.29, 1.82) is 0 Å². The Morgan fingerprint density at radius 2 is 2.18 bits per heavy atom. The predicted molar refractivity (Wildman–Crippen MR) is 71.0 cm³/mol. The van der Waals surface area contributed by atoms with E-state index in [1.54, 1.807) is 17.4 Å². The number of rotatable bonds is 4. The molecular formula is C14H16FNS. The lowest BCUT2D eigenvalue weighted by Crippen LogP contribution is -2.22. The molecule has 2 rings (SSSR count). The molecule has 0 aliphatic heterocycles. The van der Waals surface area contributed by atoms with Gasteiger partial charge in [-0.15, -0.1) is 0 Å². The van der Waals surface area contributed by atoms with Crippen LogP contribution in [0.5, 0.6) is 0 Å². The molecule has 0 bridgehead atoms. The van der Waals surface area contributed by atoms with Crippen LogP contribution in [0.3, 0.4) is 0 Å². The number of hydrogen-bond donors (Lipinski definition) is 1. The van der Waals surface area contributed by atoms with E-state index >= 15 is 0 Å². The van der Waals surface area contributed by atoms with Gasteiger partial charge in [-0.3, -0.25) is 0 Å². The van der Waals surface area contributed by atoms with Crippen LogP contribution in [0.1, 0.15) is 29.7 Å². The quantitative estimate of drug-likeness (QED) is 0.866. The lowest BCUT2D eigenvalue weighted by atomic mass is 9.99. The van der Waals surface area contributed by atoms with Gasteiger partial charge in [0.1, 0.15) is 5.82 Å². The Morgan fingerprint density at radius 3 is 2.76 bits per heavy atom. The van der Waals surface area contributed by atoms with Crippen molar-refractivity contribution in [2.24, 2.45) is 0 Å². The summed E-state index contributed by atoms with van der Waals surface area (Å²) >= 11 is 1.64. The zero-order chi connectivity index (χ0) is 12.3. The highest BCUT2D eigenvalue weighted by molar-refractivity contribution is 7.08. The molecular weight excluding hydrogens is 233 g/mol. The highest BCUT2D eigenvalue weighted by Gasteiger charge is 2.17. The second-order valence-corrected chi connectivity index (χ2v) is 4.85. The Balaban J connectivity index is 2.39. The Bertz CT molecular complexity index is 479. The van der Waals surface area contributed by atoms with E-state index < -0.39 is 0 Å². The molecule has 0 radical (unpaired) electrons. The van der Waals surface area contributed by atoms with Crippen molar-refractivity contribution in [3.8, 4) is 0 Å². The molecule has 0 fully saturated rings. The maximum Gasteiger partial charge on any atom is 0.128 e. The molecule has 1 atom stereocenters. The standard InChI is InChI=1S/C14H16FNS/c1-3-16-14(11-6-7-17-9-11)12-5-4-10(2)8-13(12)15/h4-9,14,16H,3H2,1-2H3. The van der Waals surface area contributed by atoms with Crippen LogP contribution in [-0.4, -0.2) is 6.54 Å². The third kappa shape index (κ3) is 2.73. The minimum Gasteiger partial charge on any atom is -0.306 e. The summed E-state index contributed by atoms with van der Waals surface area (Å²) in [7, 11) is 0. The first-order valence-corrected chi connectivity index (χ1v) is 6.68. The second kappa shape index (κ2) is 5.43. The molecule has 17 heavy (non-hydrogen) atoms. The van der Waals surface area contributed by atoms with Crippen LogP contribution < -0.4 is 5.32 Å². The first-order chi connectivity index (χ1) is 8.22. The van der Waals surface area contributed by atoms with E-state index in [2.05, 4.69) is 10.7 Å². The van der Waals surface area contributed by atoms with E-state index in [4.69, 9.17) is 0 Å². The third-order valence-corrected chi connectivity index (χ3v) is 3.45. The molecule has 1 nitrogen and oxygen atoms in total. The SMILES string of the molecule is CCNC(c1ccsc1)c1ccc(C)cc1F. The van der Waals surface area contributed by atoms with Crippen molar-refractivity contribution in [3.05, 3.63) is 57.5 Å². The van der Waals surface area contributed by atoms with Gasteiger partial charge in [-0.2, -0.15) is 11.3 Å². The number of hydrogen-bond acceptors (Lipinski definition) is 2. The molecule has 0 saturated heterocycles. The molecule has 0 spiro atoms.